The number of nitrogens with zero attached hydrogens (tertiary/aromatic N) is 1. The van der Waals surface area contributed by atoms with Crippen LogP contribution in [0, 0.1) is 0 Å². The molecule has 0 bridgehead atoms. The molecule has 3 nitrogen and oxygen atoms in total. The summed E-state index contributed by atoms with van der Waals surface area (Å²) in [6, 6.07) is 8.83. The molecule has 0 radical (unpaired) electrons. The van der Waals surface area contributed by atoms with Gasteiger partial charge in [0.15, 0.2) is 5.78 Å². The minimum atomic E-state index is 0.00185. The van der Waals surface area contributed by atoms with Gasteiger partial charge in [0.1, 0.15) is 5.75 Å². The van der Waals surface area contributed by atoms with Crippen molar-refractivity contribution in [2.24, 2.45) is 0 Å². The fourth-order valence-electron chi connectivity index (χ4n) is 1.62. The van der Waals surface area contributed by atoms with Crippen LogP contribution >= 0.6 is 11.6 Å². The molecule has 0 atom stereocenters. The third-order valence-corrected chi connectivity index (χ3v) is 2.94. The number of ketones is 1. The number of Topliss-reactive ketones (excluding diaryl/α,β-unsaturated/α-hetero) is 1. The smallest absolute Gasteiger partial charge is 0.167 e. The van der Waals surface area contributed by atoms with Crippen molar-refractivity contribution in [1.82, 2.24) is 4.98 Å². The summed E-state index contributed by atoms with van der Waals surface area (Å²) in [5, 5.41) is 0.508. The summed E-state index contributed by atoms with van der Waals surface area (Å²) in [4.78, 5) is 16.0. The molecule has 18 heavy (non-hydrogen) atoms. The standard InChI is InChI=1S/C14H12ClNO2/c1-18-12-4-2-3-11(7-12)14(17)8-10-5-6-16-9-13(10)15/h2-7,9H,8H2,1H3. The Balaban J connectivity index is 2.19. The summed E-state index contributed by atoms with van der Waals surface area (Å²) in [5.74, 6) is 0.670. The second-order valence-electron chi connectivity index (χ2n) is 3.80. The van der Waals surface area contributed by atoms with E-state index >= 15 is 0 Å². The Kier molecular flexibility index (Phi) is 3.95. The first-order valence-electron chi connectivity index (χ1n) is 5.46. The van der Waals surface area contributed by atoms with Crippen molar-refractivity contribution in [1.29, 1.82) is 0 Å². The highest BCUT2D eigenvalue weighted by Crippen LogP contribution is 2.18. The van der Waals surface area contributed by atoms with Gasteiger partial charge >= 0.3 is 0 Å². The summed E-state index contributed by atoms with van der Waals surface area (Å²) in [5.41, 5.74) is 1.39. The Morgan fingerprint density at radius 3 is 2.94 bits per heavy atom. The lowest BCUT2D eigenvalue weighted by Gasteiger charge is -2.05. The van der Waals surface area contributed by atoms with Crippen molar-refractivity contribution in [2.45, 2.75) is 6.42 Å². The molecule has 0 unspecified atom stereocenters. The molecule has 0 aliphatic heterocycles. The van der Waals surface area contributed by atoms with Crippen molar-refractivity contribution >= 4 is 17.4 Å². The number of hydrogen-bond donors (Lipinski definition) is 0. The van der Waals surface area contributed by atoms with Crippen LogP contribution in [0.4, 0.5) is 0 Å². The fourth-order valence-corrected chi connectivity index (χ4v) is 1.81. The molecule has 1 heterocycles. The summed E-state index contributed by atoms with van der Waals surface area (Å²) in [6.07, 6.45) is 3.42. The highest BCUT2D eigenvalue weighted by molar-refractivity contribution is 6.31. The first-order chi connectivity index (χ1) is 8.70. The van der Waals surface area contributed by atoms with E-state index in [4.69, 9.17) is 16.3 Å². The third-order valence-electron chi connectivity index (χ3n) is 2.60. The lowest BCUT2D eigenvalue weighted by Crippen LogP contribution is -2.04. The largest absolute Gasteiger partial charge is 0.497 e. The Morgan fingerprint density at radius 1 is 1.39 bits per heavy atom. The van der Waals surface area contributed by atoms with E-state index in [2.05, 4.69) is 4.98 Å². The molecular formula is C14H12ClNO2. The Hall–Kier alpha value is -1.87. The lowest BCUT2D eigenvalue weighted by molar-refractivity contribution is 0.0992. The molecule has 0 aliphatic rings. The van der Waals surface area contributed by atoms with Crippen molar-refractivity contribution < 1.29 is 9.53 Å². The van der Waals surface area contributed by atoms with Gasteiger partial charge in [-0.1, -0.05) is 23.7 Å². The maximum Gasteiger partial charge on any atom is 0.167 e. The molecule has 1 aromatic heterocycles. The normalized spacial score (nSPS) is 10.1. The molecule has 4 heteroatoms. The van der Waals surface area contributed by atoms with Crippen LogP contribution in [0.3, 0.4) is 0 Å². The van der Waals surface area contributed by atoms with Crippen LogP contribution in [-0.4, -0.2) is 17.9 Å². The minimum absolute atomic E-state index is 0.00185. The fraction of sp³-hybridized carbons (Fsp3) is 0.143. The number of rotatable bonds is 4. The zero-order valence-electron chi connectivity index (χ0n) is 9.89. The van der Waals surface area contributed by atoms with Crippen molar-refractivity contribution in [3.8, 4) is 5.75 Å². The number of methoxy groups -OCH3 is 1. The quantitative estimate of drug-likeness (QED) is 0.794. The number of pyridine rings is 1. The average molecular weight is 262 g/mol. The highest BCUT2D eigenvalue weighted by atomic mass is 35.5. The van der Waals surface area contributed by atoms with Crippen LogP contribution in [0.2, 0.25) is 5.02 Å². The number of hydrogen-bond acceptors (Lipinski definition) is 3. The van der Waals surface area contributed by atoms with E-state index in [9.17, 15) is 4.79 Å². The van der Waals surface area contributed by atoms with Crippen molar-refractivity contribution in [3.63, 3.8) is 0 Å². The molecule has 92 valence electrons. The molecule has 0 amide bonds. The molecule has 2 aromatic rings. The summed E-state index contributed by atoms with van der Waals surface area (Å²) < 4.78 is 5.09. The lowest BCUT2D eigenvalue weighted by atomic mass is 10.0. The monoisotopic (exact) mass is 261 g/mol. The SMILES string of the molecule is COc1cccc(C(=O)Cc2ccncc2Cl)c1. The molecule has 2 rings (SSSR count). The van der Waals surface area contributed by atoms with Gasteiger partial charge in [0.25, 0.3) is 0 Å². The van der Waals surface area contributed by atoms with Gasteiger partial charge in [0.05, 0.1) is 12.1 Å². The molecule has 0 aliphatic carbocycles. The number of carbonyl (C=O) groups excluding carboxylic acids is 1. The van der Waals surface area contributed by atoms with Crippen LogP contribution in [0.25, 0.3) is 0 Å². The van der Waals surface area contributed by atoms with E-state index in [0.717, 1.165) is 5.56 Å². The number of ether oxygens (including phenoxy) is 1. The first kappa shape index (κ1) is 12.6. The van der Waals surface area contributed by atoms with Gasteiger partial charge in [-0.2, -0.15) is 0 Å². The van der Waals surface area contributed by atoms with E-state index in [1.54, 1.807) is 43.6 Å². The molecule has 0 spiro atoms. The summed E-state index contributed by atoms with van der Waals surface area (Å²) in [6.45, 7) is 0. The van der Waals surface area contributed by atoms with Gasteiger partial charge in [-0.05, 0) is 23.8 Å². The Bertz CT molecular complexity index is 569. The van der Waals surface area contributed by atoms with E-state index < -0.39 is 0 Å². The van der Waals surface area contributed by atoms with Crippen LogP contribution in [0.15, 0.2) is 42.7 Å². The third kappa shape index (κ3) is 2.87. The molecular weight excluding hydrogens is 250 g/mol. The number of benzene rings is 1. The number of halogens is 1. The van der Waals surface area contributed by atoms with Gasteiger partial charge in [-0.3, -0.25) is 9.78 Å². The van der Waals surface area contributed by atoms with Crippen LogP contribution in [0.1, 0.15) is 15.9 Å². The second kappa shape index (κ2) is 5.65. The zero-order chi connectivity index (χ0) is 13.0. The predicted molar refractivity (Wildman–Crippen MR) is 70.3 cm³/mol. The van der Waals surface area contributed by atoms with Crippen LogP contribution < -0.4 is 4.74 Å². The van der Waals surface area contributed by atoms with Gasteiger partial charge in [0, 0.05) is 24.4 Å². The van der Waals surface area contributed by atoms with Crippen molar-refractivity contribution in [3.05, 3.63) is 58.9 Å². The molecule has 0 saturated carbocycles. The Labute approximate surface area is 110 Å². The van der Waals surface area contributed by atoms with Crippen LogP contribution in [-0.2, 0) is 6.42 Å². The minimum Gasteiger partial charge on any atom is -0.497 e. The molecule has 0 fully saturated rings. The number of carbonyl (C=O) groups is 1. The predicted octanol–water partition coefficient (Wildman–Crippen LogP) is 3.17. The Morgan fingerprint density at radius 2 is 2.22 bits per heavy atom. The zero-order valence-corrected chi connectivity index (χ0v) is 10.6. The van der Waals surface area contributed by atoms with Gasteiger partial charge in [0.2, 0.25) is 0 Å². The van der Waals surface area contributed by atoms with E-state index in [1.165, 1.54) is 6.20 Å². The number of aromatic nitrogens is 1. The average Bonchev–Trinajstić information content (AvgIpc) is 2.41. The maximum atomic E-state index is 12.1. The van der Waals surface area contributed by atoms with Crippen LogP contribution in [0.5, 0.6) is 5.75 Å². The van der Waals surface area contributed by atoms with E-state index in [1.807, 2.05) is 0 Å². The first-order valence-corrected chi connectivity index (χ1v) is 5.84. The van der Waals surface area contributed by atoms with Gasteiger partial charge in [-0.25, -0.2) is 0 Å². The van der Waals surface area contributed by atoms with Gasteiger partial charge < -0.3 is 4.74 Å². The maximum absolute atomic E-state index is 12.1. The van der Waals surface area contributed by atoms with E-state index in [-0.39, 0.29) is 12.2 Å². The topological polar surface area (TPSA) is 39.2 Å². The highest BCUT2D eigenvalue weighted by Gasteiger charge is 2.10. The summed E-state index contributed by atoms with van der Waals surface area (Å²) in [7, 11) is 1.57. The van der Waals surface area contributed by atoms with E-state index in [0.29, 0.717) is 16.3 Å². The van der Waals surface area contributed by atoms with Gasteiger partial charge in [-0.15, -0.1) is 0 Å². The molecule has 0 saturated heterocycles. The molecule has 1 aromatic carbocycles. The molecule has 0 N–H and O–H groups in total. The van der Waals surface area contributed by atoms with Crippen molar-refractivity contribution in [2.75, 3.05) is 7.11 Å². The second-order valence-corrected chi connectivity index (χ2v) is 4.21. The summed E-state index contributed by atoms with van der Waals surface area (Å²) >= 11 is 5.97.